The summed E-state index contributed by atoms with van der Waals surface area (Å²) in [7, 11) is 3.67. The third-order valence-electron chi connectivity index (χ3n) is 4.14. The van der Waals surface area contributed by atoms with Crippen molar-refractivity contribution in [3.63, 3.8) is 0 Å². The smallest absolute Gasteiger partial charge is 0.303 e. The number of thioether (sulfide) groups is 1. The number of rotatable bonds is 18. The van der Waals surface area contributed by atoms with E-state index in [9.17, 15) is 10.1 Å². The van der Waals surface area contributed by atoms with Gasteiger partial charge in [0.15, 0.2) is 0 Å². The minimum absolute atomic E-state index is 0.0630. The number of carboxylic acids is 1. The third kappa shape index (κ3) is 17.2. The zero-order valence-corrected chi connectivity index (χ0v) is 18.4. The summed E-state index contributed by atoms with van der Waals surface area (Å²) in [4.78, 5) is 10.6. The number of carboxylic acid groups (broad SMARTS) is 1. The molecular weight excluding hydrogens is 370 g/mol. The standard InChI is InChI=1S/C19H35NO2S3/c1-3-4-5-6-7-8-9-10-11-12-15-24-25-17-23-19(2,16-20)14-13-18(21)22/h3-15,17H2,1-2H3,(H,21,22). The average molecular weight is 406 g/mol. The Morgan fingerprint density at radius 3 is 2.08 bits per heavy atom. The first-order valence-corrected chi connectivity index (χ1v) is 13.0. The predicted octanol–water partition coefficient (Wildman–Crippen LogP) is 7.13. The SMILES string of the molecule is CCCCCCCCCCCCSSCSC(C)(C#N)CCC(=O)O. The lowest BCUT2D eigenvalue weighted by atomic mass is 10.1. The second kappa shape index (κ2) is 17.4. The van der Waals surface area contributed by atoms with Crippen molar-refractivity contribution in [3.05, 3.63) is 0 Å². The highest BCUT2D eigenvalue weighted by atomic mass is 33.1. The van der Waals surface area contributed by atoms with Gasteiger partial charge in [-0.05, 0) is 19.8 Å². The molecule has 0 aliphatic carbocycles. The minimum Gasteiger partial charge on any atom is -0.481 e. The van der Waals surface area contributed by atoms with Gasteiger partial charge in [0.25, 0.3) is 0 Å². The molecule has 0 rings (SSSR count). The van der Waals surface area contributed by atoms with Crippen LogP contribution in [0.2, 0.25) is 0 Å². The van der Waals surface area contributed by atoms with Crippen molar-refractivity contribution in [3.8, 4) is 6.07 Å². The molecule has 0 radical (unpaired) electrons. The molecule has 0 fully saturated rings. The number of unbranched alkanes of at least 4 members (excludes halogenated alkanes) is 9. The molecule has 25 heavy (non-hydrogen) atoms. The molecule has 3 nitrogen and oxygen atoms in total. The van der Waals surface area contributed by atoms with E-state index in [-0.39, 0.29) is 6.42 Å². The zero-order valence-electron chi connectivity index (χ0n) is 15.9. The summed E-state index contributed by atoms with van der Waals surface area (Å²) in [6, 6.07) is 2.26. The Hall–Kier alpha value is 0.01000. The molecule has 0 heterocycles. The molecule has 0 aromatic heterocycles. The van der Waals surface area contributed by atoms with Crippen LogP contribution in [-0.4, -0.2) is 26.7 Å². The molecule has 0 aromatic carbocycles. The molecule has 146 valence electrons. The first-order chi connectivity index (χ1) is 12.0. The number of aliphatic carboxylic acids is 1. The van der Waals surface area contributed by atoms with Crippen LogP contribution in [0, 0.1) is 11.3 Å². The van der Waals surface area contributed by atoms with E-state index in [0.717, 1.165) is 5.08 Å². The molecule has 0 saturated heterocycles. The van der Waals surface area contributed by atoms with Crippen LogP contribution in [0.15, 0.2) is 0 Å². The van der Waals surface area contributed by atoms with Gasteiger partial charge in [0.1, 0.15) is 4.75 Å². The van der Waals surface area contributed by atoms with Crippen molar-refractivity contribution in [2.24, 2.45) is 0 Å². The lowest BCUT2D eigenvalue weighted by molar-refractivity contribution is -0.137. The van der Waals surface area contributed by atoms with Crippen molar-refractivity contribution in [2.45, 2.75) is 95.6 Å². The lowest BCUT2D eigenvalue weighted by Gasteiger charge is -2.19. The van der Waals surface area contributed by atoms with Gasteiger partial charge in [-0.2, -0.15) is 5.26 Å². The van der Waals surface area contributed by atoms with Crippen LogP contribution in [0.5, 0.6) is 0 Å². The molecule has 1 unspecified atom stereocenters. The first kappa shape index (κ1) is 25.0. The fraction of sp³-hybridized carbons (Fsp3) is 0.895. The highest BCUT2D eigenvalue weighted by Gasteiger charge is 2.25. The maximum Gasteiger partial charge on any atom is 0.303 e. The summed E-state index contributed by atoms with van der Waals surface area (Å²) in [6.45, 7) is 4.10. The molecule has 1 atom stereocenters. The van der Waals surface area contributed by atoms with Crippen LogP contribution in [0.4, 0.5) is 0 Å². The summed E-state index contributed by atoms with van der Waals surface area (Å²) >= 11 is 1.57. The Balaban J connectivity index is 3.38. The Bertz CT molecular complexity index is 374. The summed E-state index contributed by atoms with van der Waals surface area (Å²) in [6.07, 6.45) is 14.1. The van der Waals surface area contributed by atoms with E-state index >= 15 is 0 Å². The first-order valence-electron chi connectivity index (χ1n) is 9.55. The summed E-state index contributed by atoms with van der Waals surface area (Å²) in [5, 5.41) is 18.8. The lowest BCUT2D eigenvalue weighted by Crippen LogP contribution is -2.19. The molecule has 0 saturated carbocycles. The van der Waals surface area contributed by atoms with Gasteiger partial charge in [-0.1, -0.05) is 86.3 Å². The molecule has 0 bridgehead atoms. The average Bonchev–Trinajstić information content (AvgIpc) is 2.60. The summed E-state index contributed by atoms with van der Waals surface area (Å²) < 4.78 is -0.580. The highest BCUT2D eigenvalue weighted by Crippen LogP contribution is 2.36. The fourth-order valence-corrected chi connectivity index (χ4v) is 6.41. The van der Waals surface area contributed by atoms with E-state index in [2.05, 4.69) is 13.0 Å². The minimum atomic E-state index is -0.829. The van der Waals surface area contributed by atoms with Gasteiger partial charge >= 0.3 is 5.97 Å². The zero-order chi connectivity index (χ0) is 18.8. The fourth-order valence-electron chi connectivity index (χ4n) is 2.40. The Morgan fingerprint density at radius 1 is 1.00 bits per heavy atom. The monoisotopic (exact) mass is 405 g/mol. The molecule has 0 aliphatic rings. The number of hydrogen-bond donors (Lipinski definition) is 1. The maximum absolute atomic E-state index is 10.6. The van der Waals surface area contributed by atoms with Gasteiger partial charge in [-0.15, -0.1) is 11.8 Å². The topological polar surface area (TPSA) is 61.1 Å². The van der Waals surface area contributed by atoms with Gasteiger partial charge in [-0.25, -0.2) is 0 Å². The quantitative estimate of drug-likeness (QED) is 0.149. The number of nitrogens with zero attached hydrogens (tertiary/aromatic N) is 1. The van der Waals surface area contributed by atoms with Crippen LogP contribution in [0.3, 0.4) is 0 Å². The molecule has 1 N–H and O–H groups in total. The highest BCUT2D eigenvalue weighted by molar-refractivity contribution is 8.78. The molecule has 6 heteroatoms. The van der Waals surface area contributed by atoms with Crippen LogP contribution in [0.25, 0.3) is 0 Å². The van der Waals surface area contributed by atoms with Crippen LogP contribution < -0.4 is 0 Å². The van der Waals surface area contributed by atoms with Gasteiger partial charge in [0, 0.05) is 12.2 Å². The van der Waals surface area contributed by atoms with Crippen molar-refractivity contribution in [2.75, 3.05) is 10.8 Å². The summed E-state index contributed by atoms with van der Waals surface area (Å²) in [5.41, 5.74) is 0. The maximum atomic E-state index is 10.6. The van der Waals surface area contributed by atoms with Gasteiger partial charge in [0.2, 0.25) is 0 Å². The Kier molecular flexibility index (Phi) is 17.4. The van der Waals surface area contributed by atoms with E-state index < -0.39 is 10.7 Å². The van der Waals surface area contributed by atoms with Gasteiger partial charge in [-0.3, -0.25) is 4.79 Å². The molecule has 0 spiro atoms. The Morgan fingerprint density at radius 2 is 1.56 bits per heavy atom. The van der Waals surface area contributed by atoms with Crippen molar-refractivity contribution in [1.82, 2.24) is 0 Å². The van der Waals surface area contributed by atoms with Gasteiger partial charge in [0.05, 0.1) is 11.2 Å². The van der Waals surface area contributed by atoms with E-state index in [0.29, 0.717) is 6.42 Å². The predicted molar refractivity (Wildman–Crippen MR) is 115 cm³/mol. The van der Waals surface area contributed by atoms with E-state index in [4.69, 9.17) is 5.11 Å². The largest absolute Gasteiger partial charge is 0.481 e. The van der Waals surface area contributed by atoms with Crippen LogP contribution in [0.1, 0.15) is 90.9 Å². The van der Waals surface area contributed by atoms with Crippen LogP contribution in [-0.2, 0) is 4.79 Å². The second-order valence-corrected chi connectivity index (χ2v) is 11.0. The van der Waals surface area contributed by atoms with Crippen molar-refractivity contribution in [1.29, 1.82) is 5.26 Å². The van der Waals surface area contributed by atoms with E-state index in [1.54, 1.807) is 22.6 Å². The molecule has 0 amide bonds. The molecule has 0 aromatic rings. The number of nitriles is 1. The number of carbonyl (C=O) groups is 1. The molecule has 0 aliphatic heterocycles. The van der Waals surface area contributed by atoms with Crippen molar-refractivity contribution < 1.29 is 9.90 Å². The summed E-state index contributed by atoms with van der Waals surface area (Å²) in [5.74, 6) is 0.338. The van der Waals surface area contributed by atoms with Gasteiger partial charge < -0.3 is 5.11 Å². The number of hydrogen-bond acceptors (Lipinski definition) is 5. The second-order valence-electron chi connectivity index (χ2n) is 6.62. The third-order valence-corrected chi connectivity index (χ3v) is 8.42. The van der Waals surface area contributed by atoms with E-state index in [1.165, 1.54) is 70.0 Å². The Labute approximate surface area is 166 Å². The van der Waals surface area contributed by atoms with Crippen LogP contribution >= 0.6 is 33.3 Å². The normalized spacial score (nSPS) is 13.3. The van der Waals surface area contributed by atoms with E-state index in [1.807, 2.05) is 17.7 Å². The van der Waals surface area contributed by atoms with Crippen molar-refractivity contribution >= 4 is 39.3 Å². The molecular formula is C19H35NO2S3.